The van der Waals surface area contributed by atoms with Crippen LogP contribution in [0.2, 0.25) is 0 Å². The highest BCUT2D eigenvalue weighted by Gasteiger charge is 2.17. The van der Waals surface area contributed by atoms with Gasteiger partial charge in [-0.3, -0.25) is 4.90 Å². The number of aliphatic hydroxyl groups is 5. The first-order valence-electron chi connectivity index (χ1n) is 5.55. The summed E-state index contributed by atoms with van der Waals surface area (Å²) in [7, 11) is 0. The van der Waals surface area contributed by atoms with Crippen molar-refractivity contribution in [2.24, 2.45) is 0 Å². The van der Waals surface area contributed by atoms with E-state index >= 15 is 0 Å². The second-order valence-corrected chi connectivity index (χ2v) is 3.73. The van der Waals surface area contributed by atoms with Crippen molar-refractivity contribution < 1.29 is 25.5 Å². The number of nitrogens with zero attached hydrogens (tertiary/aromatic N) is 1. The van der Waals surface area contributed by atoms with E-state index in [0.717, 1.165) is 0 Å². The maximum Gasteiger partial charge on any atom is 0.0771 e. The van der Waals surface area contributed by atoms with Gasteiger partial charge in [-0.15, -0.1) is 12.4 Å². The number of rotatable bonds is 10. The van der Waals surface area contributed by atoms with Crippen molar-refractivity contribution in [1.82, 2.24) is 4.90 Å². The Labute approximate surface area is 108 Å². The van der Waals surface area contributed by atoms with Crippen LogP contribution in [0, 0.1) is 0 Å². The normalized spacial score (nSPS) is 14.5. The van der Waals surface area contributed by atoms with E-state index in [1.165, 1.54) is 0 Å². The molecular weight excluding hydrogens is 250 g/mol. The SMILES string of the molecule is Cl.OCCN(CCO)C(CO)CCC(O)CO. The molecule has 0 aliphatic heterocycles. The molecule has 7 heteroatoms. The van der Waals surface area contributed by atoms with Gasteiger partial charge in [0, 0.05) is 19.1 Å². The minimum atomic E-state index is -0.779. The Morgan fingerprint density at radius 1 is 0.824 bits per heavy atom. The third-order valence-corrected chi connectivity index (χ3v) is 2.55. The quantitative estimate of drug-likeness (QED) is 0.321. The van der Waals surface area contributed by atoms with Crippen LogP contribution < -0.4 is 0 Å². The van der Waals surface area contributed by atoms with Crippen LogP contribution in [0.15, 0.2) is 0 Å². The second kappa shape index (κ2) is 12.5. The summed E-state index contributed by atoms with van der Waals surface area (Å²) in [4.78, 5) is 1.77. The minimum absolute atomic E-state index is 0. The molecule has 0 radical (unpaired) electrons. The van der Waals surface area contributed by atoms with Gasteiger partial charge in [0.1, 0.15) is 0 Å². The average Bonchev–Trinajstić information content (AvgIpc) is 2.30. The molecule has 0 amide bonds. The Hall–Kier alpha value is 0.0500. The molecule has 0 bridgehead atoms. The molecule has 0 aromatic rings. The predicted molar refractivity (Wildman–Crippen MR) is 66.2 cm³/mol. The molecule has 0 fully saturated rings. The van der Waals surface area contributed by atoms with Gasteiger partial charge in [-0.1, -0.05) is 0 Å². The zero-order valence-corrected chi connectivity index (χ0v) is 10.7. The van der Waals surface area contributed by atoms with Gasteiger partial charge < -0.3 is 25.5 Å². The number of halogens is 1. The smallest absolute Gasteiger partial charge is 0.0771 e. The van der Waals surface area contributed by atoms with E-state index in [2.05, 4.69) is 0 Å². The molecule has 2 atom stereocenters. The van der Waals surface area contributed by atoms with E-state index in [1.54, 1.807) is 4.90 Å². The molecule has 0 heterocycles. The standard InChI is InChI=1S/C10H23NO5.ClH/c12-5-3-11(4-6-13)9(7-14)1-2-10(16)8-15;/h9-10,12-16H,1-8H2;1H. The summed E-state index contributed by atoms with van der Waals surface area (Å²) >= 11 is 0. The largest absolute Gasteiger partial charge is 0.395 e. The fourth-order valence-corrected chi connectivity index (χ4v) is 1.60. The zero-order chi connectivity index (χ0) is 12.4. The number of hydrogen-bond acceptors (Lipinski definition) is 6. The molecule has 0 aliphatic carbocycles. The molecule has 0 aromatic heterocycles. The molecule has 0 saturated carbocycles. The molecule has 6 nitrogen and oxygen atoms in total. The van der Waals surface area contributed by atoms with E-state index in [-0.39, 0.29) is 44.9 Å². The molecule has 106 valence electrons. The van der Waals surface area contributed by atoms with E-state index < -0.39 is 6.10 Å². The Kier molecular flexibility index (Phi) is 14.3. The summed E-state index contributed by atoms with van der Waals surface area (Å²) < 4.78 is 0. The van der Waals surface area contributed by atoms with Crippen molar-refractivity contribution in [3.63, 3.8) is 0 Å². The van der Waals surface area contributed by atoms with Crippen molar-refractivity contribution in [1.29, 1.82) is 0 Å². The molecule has 0 saturated heterocycles. The number of hydrogen-bond donors (Lipinski definition) is 5. The molecule has 17 heavy (non-hydrogen) atoms. The van der Waals surface area contributed by atoms with Crippen LogP contribution in [0.1, 0.15) is 12.8 Å². The highest BCUT2D eigenvalue weighted by molar-refractivity contribution is 5.85. The lowest BCUT2D eigenvalue weighted by atomic mass is 10.1. The van der Waals surface area contributed by atoms with Gasteiger partial charge in [0.2, 0.25) is 0 Å². The monoisotopic (exact) mass is 273 g/mol. The molecule has 0 spiro atoms. The van der Waals surface area contributed by atoms with Crippen molar-refractivity contribution in [2.75, 3.05) is 39.5 Å². The maximum atomic E-state index is 9.19. The lowest BCUT2D eigenvalue weighted by Gasteiger charge is -2.29. The van der Waals surface area contributed by atoms with E-state index in [1.807, 2.05) is 0 Å². The van der Waals surface area contributed by atoms with Gasteiger partial charge in [-0.25, -0.2) is 0 Å². The van der Waals surface area contributed by atoms with Crippen LogP contribution in [0.3, 0.4) is 0 Å². The summed E-state index contributed by atoms with van der Waals surface area (Å²) in [5.74, 6) is 0. The highest BCUT2D eigenvalue weighted by atomic mass is 35.5. The molecular formula is C10H24ClNO5. The van der Waals surface area contributed by atoms with Crippen molar-refractivity contribution >= 4 is 12.4 Å². The van der Waals surface area contributed by atoms with Crippen LogP contribution in [0.25, 0.3) is 0 Å². The van der Waals surface area contributed by atoms with Crippen LogP contribution in [-0.4, -0.2) is 82.1 Å². The molecule has 0 aliphatic rings. The first-order valence-corrected chi connectivity index (χ1v) is 5.55. The predicted octanol–water partition coefficient (Wildman–Crippen LogP) is -1.81. The van der Waals surface area contributed by atoms with Gasteiger partial charge in [0.25, 0.3) is 0 Å². The van der Waals surface area contributed by atoms with E-state index in [9.17, 15) is 10.2 Å². The first kappa shape index (κ1) is 19.4. The van der Waals surface area contributed by atoms with Gasteiger partial charge in [0.05, 0.1) is 32.5 Å². The van der Waals surface area contributed by atoms with Gasteiger partial charge in [0.15, 0.2) is 0 Å². The van der Waals surface area contributed by atoms with Gasteiger partial charge in [-0.2, -0.15) is 0 Å². The number of aliphatic hydroxyl groups excluding tert-OH is 5. The summed E-state index contributed by atoms with van der Waals surface area (Å²) in [6, 6.07) is -0.208. The maximum absolute atomic E-state index is 9.19. The van der Waals surface area contributed by atoms with E-state index in [0.29, 0.717) is 25.9 Å². The van der Waals surface area contributed by atoms with Crippen molar-refractivity contribution in [2.45, 2.75) is 25.0 Å². The Bertz CT molecular complexity index is 158. The Balaban J connectivity index is 0. The first-order chi connectivity index (χ1) is 7.69. The van der Waals surface area contributed by atoms with Crippen LogP contribution >= 0.6 is 12.4 Å². The summed E-state index contributed by atoms with van der Waals surface area (Å²) in [5.41, 5.74) is 0. The Morgan fingerprint density at radius 3 is 1.71 bits per heavy atom. The fraction of sp³-hybridized carbons (Fsp3) is 1.00. The average molecular weight is 274 g/mol. The molecule has 0 aromatic carbocycles. The fourth-order valence-electron chi connectivity index (χ4n) is 1.60. The second-order valence-electron chi connectivity index (χ2n) is 3.73. The summed E-state index contributed by atoms with van der Waals surface area (Å²) in [6.45, 7) is 0.274. The van der Waals surface area contributed by atoms with Crippen molar-refractivity contribution in [3.05, 3.63) is 0 Å². The zero-order valence-electron chi connectivity index (χ0n) is 9.90. The molecule has 5 N–H and O–H groups in total. The lowest BCUT2D eigenvalue weighted by molar-refractivity contribution is 0.0513. The van der Waals surface area contributed by atoms with Gasteiger partial charge in [-0.05, 0) is 12.8 Å². The Morgan fingerprint density at radius 2 is 1.35 bits per heavy atom. The summed E-state index contributed by atoms with van der Waals surface area (Å²) in [5, 5.41) is 44.7. The third-order valence-electron chi connectivity index (χ3n) is 2.55. The lowest BCUT2D eigenvalue weighted by Crippen LogP contribution is -2.42. The minimum Gasteiger partial charge on any atom is -0.395 e. The molecule has 2 unspecified atom stereocenters. The van der Waals surface area contributed by atoms with Crippen LogP contribution in [0.5, 0.6) is 0 Å². The van der Waals surface area contributed by atoms with Crippen LogP contribution in [-0.2, 0) is 0 Å². The third kappa shape index (κ3) is 8.73. The summed E-state index contributed by atoms with van der Waals surface area (Å²) in [6.07, 6.45) is 0.118. The van der Waals surface area contributed by atoms with Crippen molar-refractivity contribution in [3.8, 4) is 0 Å². The van der Waals surface area contributed by atoms with Gasteiger partial charge >= 0.3 is 0 Å². The van der Waals surface area contributed by atoms with E-state index in [4.69, 9.17) is 15.3 Å². The highest BCUT2D eigenvalue weighted by Crippen LogP contribution is 2.08. The van der Waals surface area contributed by atoms with Crippen LogP contribution in [0.4, 0.5) is 0 Å². The topological polar surface area (TPSA) is 104 Å². The molecule has 0 rings (SSSR count).